The monoisotopic (exact) mass is 167 g/mol. The van der Waals surface area contributed by atoms with Gasteiger partial charge in [0, 0.05) is 33.0 Å². The minimum Gasteiger partial charge on any atom is -0.367 e. The van der Waals surface area contributed by atoms with Crippen molar-refractivity contribution >= 4 is 6.03 Å². The van der Waals surface area contributed by atoms with E-state index in [0.29, 0.717) is 6.54 Å². The quantitative estimate of drug-likeness (QED) is 0.672. The van der Waals surface area contributed by atoms with Gasteiger partial charge in [0.15, 0.2) is 0 Å². The van der Waals surface area contributed by atoms with E-state index >= 15 is 0 Å². The molecule has 4 nitrogen and oxygen atoms in total. The first kappa shape index (κ1) is 8.64. The number of urea groups is 1. The fourth-order valence-corrected chi connectivity index (χ4v) is 0.804. The first-order valence-corrected chi connectivity index (χ1v) is 3.77. The van der Waals surface area contributed by atoms with E-state index in [1.807, 2.05) is 18.5 Å². The smallest absolute Gasteiger partial charge is 0.317 e. The molecular weight excluding hydrogens is 154 g/mol. The van der Waals surface area contributed by atoms with E-state index < -0.39 is 0 Å². The van der Waals surface area contributed by atoms with Crippen molar-refractivity contribution in [1.82, 2.24) is 15.2 Å². The lowest BCUT2D eigenvalue weighted by molar-refractivity contribution is 0.217. The topological polar surface area (TPSA) is 48.1 Å². The Morgan fingerprint density at radius 1 is 1.67 bits per heavy atom. The second-order valence-corrected chi connectivity index (χ2v) is 2.77. The lowest BCUT2D eigenvalue weighted by Crippen LogP contribution is -2.33. The van der Waals surface area contributed by atoms with E-state index in [0.717, 1.165) is 5.56 Å². The van der Waals surface area contributed by atoms with Crippen LogP contribution in [0.1, 0.15) is 5.56 Å². The van der Waals surface area contributed by atoms with Crippen molar-refractivity contribution in [1.29, 1.82) is 0 Å². The SMILES string of the molecule is CN(C)C(=O)NCc1cc[nH]c1. The number of carbonyl (C=O) groups is 1. The highest BCUT2D eigenvalue weighted by atomic mass is 16.2. The molecule has 1 rings (SSSR count). The van der Waals surface area contributed by atoms with Crippen molar-refractivity contribution in [2.45, 2.75) is 6.54 Å². The molecule has 0 aliphatic carbocycles. The summed E-state index contributed by atoms with van der Waals surface area (Å²) in [6.45, 7) is 0.570. The summed E-state index contributed by atoms with van der Waals surface area (Å²) in [6.07, 6.45) is 3.69. The fourth-order valence-electron chi connectivity index (χ4n) is 0.804. The first-order valence-electron chi connectivity index (χ1n) is 3.77. The average Bonchev–Trinajstić information content (AvgIpc) is 2.51. The number of rotatable bonds is 2. The average molecular weight is 167 g/mol. The Morgan fingerprint density at radius 2 is 2.42 bits per heavy atom. The van der Waals surface area contributed by atoms with Gasteiger partial charge in [-0.1, -0.05) is 0 Å². The van der Waals surface area contributed by atoms with Gasteiger partial charge in [-0.3, -0.25) is 0 Å². The maximum atomic E-state index is 11.0. The van der Waals surface area contributed by atoms with Crippen molar-refractivity contribution in [2.24, 2.45) is 0 Å². The van der Waals surface area contributed by atoms with Crippen molar-refractivity contribution in [2.75, 3.05) is 14.1 Å². The van der Waals surface area contributed by atoms with Gasteiger partial charge in [-0.05, 0) is 11.6 Å². The molecule has 0 bridgehead atoms. The van der Waals surface area contributed by atoms with Crippen LogP contribution in [0.5, 0.6) is 0 Å². The molecule has 4 heteroatoms. The molecule has 1 aromatic rings. The molecule has 66 valence electrons. The number of nitrogens with zero attached hydrogens (tertiary/aromatic N) is 1. The van der Waals surface area contributed by atoms with E-state index in [1.165, 1.54) is 4.90 Å². The van der Waals surface area contributed by atoms with Gasteiger partial charge in [-0.2, -0.15) is 0 Å². The van der Waals surface area contributed by atoms with Crippen LogP contribution in [-0.2, 0) is 6.54 Å². The van der Waals surface area contributed by atoms with E-state index in [4.69, 9.17) is 0 Å². The summed E-state index contributed by atoms with van der Waals surface area (Å²) >= 11 is 0. The number of hydrogen-bond acceptors (Lipinski definition) is 1. The molecule has 0 saturated heterocycles. The minimum atomic E-state index is -0.0730. The van der Waals surface area contributed by atoms with Crippen LogP contribution in [0.4, 0.5) is 4.79 Å². The van der Waals surface area contributed by atoms with Crippen molar-refractivity contribution in [3.8, 4) is 0 Å². The standard InChI is InChI=1S/C8H13N3O/c1-11(2)8(12)10-6-7-3-4-9-5-7/h3-5,9H,6H2,1-2H3,(H,10,12). The van der Waals surface area contributed by atoms with Gasteiger partial charge in [0.05, 0.1) is 0 Å². The van der Waals surface area contributed by atoms with Gasteiger partial charge in [-0.25, -0.2) is 4.79 Å². The zero-order valence-electron chi connectivity index (χ0n) is 7.29. The Morgan fingerprint density at radius 3 is 2.92 bits per heavy atom. The molecule has 12 heavy (non-hydrogen) atoms. The van der Waals surface area contributed by atoms with Gasteiger partial charge in [0.2, 0.25) is 0 Å². The van der Waals surface area contributed by atoms with E-state index in [2.05, 4.69) is 10.3 Å². The van der Waals surface area contributed by atoms with Crippen LogP contribution in [-0.4, -0.2) is 30.0 Å². The van der Waals surface area contributed by atoms with Gasteiger partial charge in [0.1, 0.15) is 0 Å². The van der Waals surface area contributed by atoms with Crippen LogP contribution in [0, 0.1) is 0 Å². The molecule has 0 aliphatic rings. The maximum Gasteiger partial charge on any atom is 0.317 e. The summed E-state index contributed by atoms with van der Waals surface area (Å²) in [5.41, 5.74) is 1.07. The Labute approximate surface area is 71.6 Å². The molecule has 0 saturated carbocycles. The summed E-state index contributed by atoms with van der Waals surface area (Å²) in [6, 6.07) is 1.85. The van der Waals surface area contributed by atoms with Crippen LogP contribution >= 0.6 is 0 Å². The summed E-state index contributed by atoms with van der Waals surface area (Å²) in [7, 11) is 3.43. The summed E-state index contributed by atoms with van der Waals surface area (Å²) in [4.78, 5) is 15.5. The third-order valence-corrected chi connectivity index (χ3v) is 1.51. The van der Waals surface area contributed by atoms with Crippen molar-refractivity contribution < 1.29 is 4.79 Å². The molecule has 2 amide bonds. The van der Waals surface area contributed by atoms with Crippen LogP contribution in [0.2, 0.25) is 0 Å². The highest BCUT2D eigenvalue weighted by Crippen LogP contribution is 1.94. The Balaban J connectivity index is 2.32. The van der Waals surface area contributed by atoms with Crippen LogP contribution in [0.25, 0.3) is 0 Å². The molecule has 1 aromatic heterocycles. The molecule has 2 N–H and O–H groups in total. The largest absolute Gasteiger partial charge is 0.367 e. The number of aromatic nitrogens is 1. The Hall–Kier alpha value is -1.45. The Bertz CT molecular complexity index is 241. The number of carbonyl (C=O) groups excluding carboxylic acids is 1. The second-order valence-electron chi connectivity index (χ2n) is 2.77. The van der Waals surface area contributed by atoms with Crippen LogP contribution in [0.15, 0.2) is 18.5 Å². The van der Waals surface area contributed by atoms with E-state index in [1.54, 1.807) is 14.1 Å². The van der Waals surface area contributed by atoms with Crippen LogP contribution in [0.3, 0.4) is 0 Å². The molecular formula is C8H13N3O. The van der Waals surface area contributed by atoms with Crippen molar-refractivity contribution in [3.05, 3.63) is 24.0 Å². The van der Waals surface area contributed by atoms with Crippen LogP contribution < -0.4 is 5.32 Å². The molecule has 0 spiro atoms. The highest BCUT2D eigenvalue weighted by molar-refractivity contribution is 5.73. The molecule has 0 unspecified atom stereocenters. The third kappa shape index (κ3) is 2.30. The first-order chi connectivity index (χ1) is 5.70. The lowest BCUT2D eigenvalue weighted by atomic mass is 10.3. The van der Waals surface area contributed by atoms with Gasteiger partial charge < -0.3 is 15.2 Å². The van der Waals surface area contributed by atoms with Gasteiger partial charge >= 0.3 is 6.03 Å². The van der Waals surface area contributed by atoms with Gasteiger partial charge in [-0.15, -0.1) is 0 Å². The van der Waals surface area contributed by atoms with Crippen molar-refractivity contribution in [3.63, 3.8) is 0 Å². The van der Waals surface area contributed by atoms with Gasteiger partial charge in [0.25, 0.3) is 0 Å². The number of aromatic amines is 1. The fraction of sp³-hybridized carbons (Fsp3) is 0.375. The number of nitrogens with one attached hydrogen (secondary N) is 2. The summed E-state index contributed by atoms with van der Waals surface area (Å²) < 4.78 is 0. The Kier molecular flexibility index (Phi) is 2.74. The maximum absolute atomic E-state index is 11.0. The molecule has 0 fully saturated rings. The molecule has 0 aromatic carbocycles. The predicted octanol–water partition coefficient (Wildman–Crippen LogP) is 0.786. The normalized spacial score (nSPS) is 9.50. The molecule has 0 atom stereocenters. The predicted molar refractivity (Wildman–Crippen MR) is 46.7 cm³/mol. The zero-order valence-corrected chi connectivity index (χ0v) is 7.29. The third-order valence-electron chi connectivity index (χ3n) is 1.51. The number of amides is 2. The number of hydrogen-bond donors (Lipinski definition) is 2. The zero-order chi connectivity index (χ0) is 8.97. The summed E-state index contributed by atoms with van der Waals surface area (Å²) in [5.74, 6) is 0. The minimum absolute atomic E-state index is 0.0730. The molecule has 0 radical (unpaired) electrons. The molecule has 1 heterocycles. The molecule has 0 aliphatic heterocycles. The second kappa shape index (κ2) is 3.80. The van der Waals surface area contributed by atoms with E-state index in [-0.39, 0.29) is 6.03 Å². The summed E-state index contributed by atoms with van der Waals surface area (Å²) in [5, 5.41) is 2.75. The lowest BCUT2D eigenvalue weighted by Gasteiger charge is -2.10. The highest BCUT2D eigenvalue weighted by Gasteiger charge is 2.01. The van der Waals surface area contributed by atoms with E-state index in [9.17, 15) is 4.79 Å². The number of H-pyrrole nitrogens is 1.